The molecule has 0 aliphatic heterocycles. The van der Waals surface area contributed by atoms with Gasteiger partial charge in [-0.2, -0.15) is 18.3 Å². The quantitative estimate of drug-likeness (QED) is 0.561. The number of fused-ring (bicyclic) bond motifs is 1. The fraction of sp³-hybridized carbons (Fsp3) is 0.0714. The number of nitrogens with one attached hydrogen (secondary N) is 1. The Morgan fingerprint density at radius 2 is 2.04 bits per heavy atom. The number of rotatable bonds is 3. The van der Waals surface area contributed by atoms with E-state index in [4.69, 9.17) is 11.6 Å². The number of carbonyl (C=O) groups excluding carboxylic acids is 1. The summed E-state index contributed by atoms with van der Waals surface area (Å²) in [6.45, 7) is 0. The average molecular weight is 373 g/mol. The highest BCUT2D eigenvalue weighted by atomic mass is 35.5. The Bertz CT molecular complexity index is 914. The SMILES string of the molecule is O=C(N/N=C/c1c(Cl)nc2sccn12)c1ccc(C(F)(F)F)cc1. The average Bonchev–Trinajstić information content (AvgIpc) is 3.08. The van der Waals surface area contributed by atoms with E-state index >= 15 is 0 Å². The topological polar surface area (TPSA) is 58.8 Å². The lowest BCUT2D eigenvalue weighted by Crippen LogP contribution is -2.18. The zero-order chi connectivity index (χ0) is 17.3. The summed E-state index contributed by atoms with van der Waals surface area (Å²) in [6.07, 6.45) is -1.38. The van der Waals surface area contributed by atoms with Crippen LogP contribution in [0.4, 0.5) is 13.2 Å². The normalized spacial score (nSPS) is 12.2. The van der Waals surface area contributed by atoms with Crippen LogP contribution in [0.5, 0.6) is 0 Å². The van der Waals surface area contributed by atoms with Gasteiger partial charge < -0.3 is 0 Å². The Morgan fingerprint density at radius 1 is 1.33 bits per heavy atom. The molecule has 0 fully saturated rings. The molecule has 0 spiro atoms. The van der Waals surface area contributed by atoms with Crippen LogP contribution in [-0.2, 0) is 6.18 Å². The van der Waals surface area contributed by atoms with Crippen molar-refractivity contribution in [2.75, 3.05) is 0 Å². The Labute approximate surface area is 142 Å². The van der Waals surface area contributed by atoms with Crippen molar-refractivity contribution in [1.82, 2.24) is 14.8 Å². The van der Waals surface area contributed by atoms with Crippen LogP contribution in [0, 0.1) is 0 Å². The third-order valence-electron chi connectivity index (χ3n) is 3.08. The zero-order valence-corrected chi connectivity index (χ0v) is 13.3. The smallest absolute Gasteiger partial charge is 0.288 e. The molecule has 2 aromatic heterocycles. The largest absolute Gasteiger partial charge is 0.416 e. The van der Waals surface area contributed by atoms with E-state index in [0.29, 0.717) is 10.7 Å². The molecule has 3 rings (SSSR count). The predicted molar refractivity (Wildman–Crippen MR) is 84.6 cm³/mol. The number of aromatic nitrogens is 2. The molecule has 124 valence electrons. The number of alkyl halides is 3. The number of halogens is 4. The molecule has 0 saturated heterocycles. The summed E-state index contributed by atoms with van der Waals surface area (Å²) in [5, 5.41) is 5.81. The summed E-state index contributed by atoms with van der Waals surface area (Å²) in [7, 11) is 0. The monoisotopic (exact) mass is 372 g/mol. The van der Waals surface area contributed by atoms with Gasteiger partial charge in [0, 0.05) is 17.1 Å². The fourth-order valence-electron chi connectivity index (χ4n) is 1.92. The summed E-state index contributed by atoms with van der Waals surface area (Å²) in [4.78, 5) is 16.6. The lowest BCUT2D eigenvalue weighted by atomic mass is 10.1. The first-order valence-corrected chi connectivity index (χ1v) is 7.74. The second kappa shape index (κ2) is 6.25. The Morgan fingerprint density at radius 3 is 2.71 bits per heavy atom. The molecule has 0 radical (unpaired) electrons. The molecule has 2 heterocycles. The number of carbonyl (C=O) groups is 1. The molecule has 1 aromatic carbocycles. The Kier molecular flexibility index (Phi) is 4.29. The predicted octanol–water partition coefficient (Wildman–Crippen LogP) is 3.83. The molecule has 1 N–H and O–H groups in total. The van der Waals surface area contributed by atoms with Crippen LogP contribution in [-0.4, -0.2) is 21.5 Å². The molecule has 3 aromatic rings. The number of hydrazone groups is 1. The van der Waals surface area contributed by atoms with E-state index in [-0.39, 0.29) is 10.7 Å². The number of hydrogen-bond donors (Lipinski definition) is 1. The van der Waals surface area contributed by atoms with E-state index in [1.165, 1.54) is 17.6 Å². The van der Waals surface area contributed by atoms with E-state index in [1.807, 2.05) is 5.38 Å². The number of imidazole rings is 1. The second-order valence-electron chi connectivity index (χ2n) is 4.62. The van der Waals surface area contributed by atoms with Gasteiger partial charge in [0.15, 0.2) is 10.1 Å². The van der Waals surface area contributed by atoms with Crippen LogP contribution in [0.15, 0.2) is 40.9 Å². The Balaban J connectivity index is 1.71. The maximum absolute atomic E-state index is 12.5. The highest BCUT2D eigenvalue weighted by Crippen LogP contribution is 2.29. The minimum atomic E-state index is -4.45. The third kappa shape index (κ3) is 3.26. The molecular weight excluding hydrogens is 365 g/mol. The number of benzene rings is 1. The van der Waals surface area contributed by atoms with Crippen LogP contribution in [0.1, 0.15) is 21.6 Å². The van der Waals surface area contributed by atoms with E-state index in [1.54, 1.807) is 10.6 Å². The van der Waals surface area contributed by atoms with Gasteiger partial charge in [0.2, 0.25) is 0 Å². The summed E-state index contributed by atoms with van der Waals surface area (Å²) >= 11 is 7.35. The van der Waals surface area contributed by atoms with E-state index in [2.05, 4.69) is 15.5 Å². The van der Waals surface area contributed by atoms with Crippen molar-refractivity contribution in [1.29, 1.82) is 0 Å². The number of hydrogen-bond acceptors (Lipinski definition) is 4. The van der Waals surface area contributed by atoms with E-state index < -0.39 is 17.6 Å². The third-order valence-corrected chi connectivity index (χ3v) is 4.12. The van der Waals surface area contributed by atoms with Gasteiger partial charge in [-0.15, -0.1) is 11.3 Å². The van der Waals surface area contributed by atoms with Crippen LogP contribution in [0.2, 0.25) is 5.15 Å². The van der Waals surface area contributed by atoms with Gasteiger partial charge in [-0.05, 0) is 24.3 Å². The standard InChI is InChI=1S/C14H8ClF3N4OS/c15-11-10(22-5-6-24-13(22)20-11)7-19-21-12(23)8-1-3-9(4-2-8)14(16,17)18/h1-7H,(H,21,23)/b19-7+. The fourth-order valence-corrected chi connectivity index (χ4v) is 2.91. The molecule has 1 amide bonds. The summed E-state index contributed by atoms with van der Waals surface area (Å²) in [5.41, 5.74) is 1.95. The number of nitrogens with zero attached hydrogens (tertiary/aromatic N) is 3. The summed E-state index contributed by atoms with van der Waals surface area (Å²) < 4.78 is 39.1. The van der Waals surface area contributed by atoms with Crippen LogP contribution < -0.4 is 5.43 Å². The summed E-state index contributed by atoms with van der Waals surface area (Å²) in [5.74, 6) is -0.637. The molecule has 10 heteroatoms. The van der Waals surface area contributed by atoms with Gasteiger partial charge in [0.25, 0.3) is 5.91 Å². The van der Waals surface area contributed by atoms with Crippen LogP contribution >= 0.6 is 22.9 Å². The molecular formula is C14H8ClF3N4OS. The van der Waals surface area contributed by atoms with Gasteiger partial charge in [0.05, 0.1) is 11.8 Å². The summed E-state index contributed by atoms with van der Waals surface area (Å²) in [6, 6.07) is 3.83. The van der Waals surface area contributed by atoms with Crippen molar-refractivity contribution < 1.29 is 18.0 Å². The first-order valence-electron chi connectivity index (χ1n) is 6.48. The van der Waals surface area contributed by atoms with Crippen molar-refractivity contribution >= 4 is 40.0 Å². The van der Waals surface area contributed by atoms with Crippen molar-refractivity contribution in [2.45, 2.75) is 6.18 Å². The van der Waals surface area contributed by atoms with Crippen LogP contribution in [0.25, 0.3) is 4.96 Å². The lowest BCUT2D eigenvalue weighted by Gasteiger charge is -2.06. The molecule has 0 aliphatic carbocycles. The molecule has 0 saturated carbocycles. The van der Waals surface area contributed by atoms with Gasteiger partial charge in [-0.25, -0.2) is 10.4 Å². The van der Waals surface area contributed by atoms with E-state index in [9.17, 15) is 18.0 Å². The van der Waals surface area contributed by atoms with Crippen molar-refractivity contribution in [3.05, 3.63) is 57.8 Å². The van der Waals surface area contributed by atoms with Gasteiger partial charge in [-0.3, -0.25) is 9.20 Å². The van der Waals surface area contributed by atoms with Crippen LogP contribution in [0.3, 0.4) is 0 Å². The molecule has 0 bridgehead atoms. The lowest BCUT2D eigenvalue weighted by molar-refractivity contribution is -0.137. The molecule has 5 nitrogen and oxygen atoms in total. The first kappa shape index (κ1) is 16.5. The number of amides is 1. The maximum Gasteiger partial charge on any atom is 0.416 e. The minimum absolute atomic E-state index is 0.0558. The number of thiazole rings is 1. The molecule has 0 aliphatic rings. The molecule has 24 heavy (non-hydrogen) atoms. The second-order valence-corrected chi connectivity index (χ2v) is 5.85. The van der Waals surface area contributed by atoms with Crippen molar-refractivity contribution in [3.63, 3.8) is 0 Å². The zero-order valence-electron chi connectivity index (χ0n) is 11.7. The molecule has 0 atom stereocenters. The van der Waals surface area contributed by atoms with Crippen molar-refractivity contribution in [2.24, 2.45) is 5.10 Å². The highest BCUT2D eigenvalue weighted by Gasteiger charge is 2.30. The first-order chi connectivity index (χ1) is 11.4. The highest BCUT2D eigenvalue weighted by molar-refractivity contribution is 7.15. The van der Waals surface area contributed by atoms with E-state index in [0.717, 1.165) is 24.3 Å². The maximum atomic E-state index is 12.5. The van der Waals surface area contributed by atoms with Crippen molar-refractivity contribution in [3.8, 4) is 0 Å². The molecule has 0 unspecified atom stereocenters. The Hall–Kier alpha value is -2.39. The van der Waals surface area contributed by atoms with Gasteiger partial charge in [-0.1, -0.05) is 11.6 Å². The van der Waals surface area contributed by atoms with Gasteiger partial charge in [0.1, 0.15) is 5.69 Å². The van der Waals surface area contributed by atoms with Gasteiger partial charge >= 0.3 is 6.18 Å². The minimum Gasteiger partial charge on any atom is -0.288 e.